The summed E-state index contributed by atoms with van der Waals surface area (Å²) in [5.41, 5.74) is 5.87. The molecule has 10 rings (SSSR count). The molecule has 1 atom stereocenters. The summed E-state index contributed by atoms with van der Waals surface area (Å²) in [4.78, 5) is 74.7. The van der Waals surface area contributed by atoms with Gasteiger partial charge in [0, 0.05) is 54.6 Å². The Morgan fingerprint density at radius 3 is 2.53 bits per heavy atom. The Morgan fingerprint density at radius 1 is 0.965 bits per heavy atom. The third-order valence-corrected chi connectivity index (χ3v) is 14.2. The lowest BCUT2D eigenvalue weighted by atomic mass is 9.74. The van der Waals surface area contributed by atoms with Gasteiger partial charge in [0.1, 0.15) is 17.6 Å². The number of ether oxygens (including phenoxy) is 1. The number of carbonyl (C=O) groups excluding carboxylic acids is 4. The first-order chi connectivity index (χ1) is 27.4. The summed E-state index contributed by atoms with van der Waals surface area (Å²) in [6.07, 6.45) is 4.66. The lowest BCUT2D eigenvalue weighted by molar-refractivity contribution is -0.137. The number of fused-ring (bicyclic) bond motifs is 9. The fourth-order valence-electron chi connectivity index (χ4n) is 10.5. The second-order valence-electron chi connectivity index (χ2n) is 17.3. The molecule has 1 N–H and O–H groups in total. The molecule has 13 heteroatoms. The fourth-order valence-corrected chi connectivity index (χ4v) is 10.7. The Labute approximate surface area is 335 Å². The fraction of sp³-hybridized carbons (Fsp3) is 0.455. The molecular weight excluding hydrogens is 744 g/mol. The lowest BCUT2D eigenvalue weighted by Gasteiger charge is -2.39. The van der Waals surface area contributed by atoms with Crippen LogP contribution in [0.1, 0.15) is 103 Å². The SMILES string of the molecule is CC1(C)c2cc(C3CCN(C(=O)CCN4CCC5(CC4)COc4c5ccc5c4CN([C@H]4CCC(=O)NC4=O)C5=O)CC3)ccc2-n2c1nc(=O)c1c(Cl)cccc12. The van der Waals surface area contributed by atoms with E-state index in [1.54, 1.807) is 11.0 Å². The van der Waals surface area contributed by atoms with E-state index >= 15 is 0 Å². The summed E-state index contributed by atoms with van der Waals surface area (Å²) in [6, 6.07) is 15.4. The molecule has 12 nitrogen and oxygen atoms in total. The Morgan fingerprint density at radius 2 is 1.75 bits per heavy atom. The molecular formula is C44H45ClN6O6. The van der Waals surface area contributed by atoms with Gasteiger partial charge >= 0.3 is 0 Å². The van der Waals surface area contributed by atoms with Gasteiger partial charge in [0.15, 0.2) is 0 Å². The Kier molecular flexibility index (Phi) is 8.43. The van der Waals surface area contributed by atoms with E-state index in [0.717, 1.165) is 97.9 Å². The van der Waals surface area contributed by atoms with Gasteiger partial charge < -0.3 is 19.4 Å². The summed E-state index contributed by atoms with van der Waals surface area (Å²) < 4.78 is 8.44. The van der Waals surface area contributed by atoms with Gasteiger partial charge in [0.25, 0.3) is 11.5 Å². The quantitative estimate of drug-likeness (QED) is 0.281. The standard InChI is InChI=1S/C44H45ClN6O6/c1-43(2)30-22-26(6-9-32(30)51-33-5-3-4-31(45)37(33)40(55)47-42(43)51)25-12-18-49(19-13-25)36(53)14-17-48-20-15-44(16-21-48)24-57-38-28-23-50(34-10-11-35(52)46-39(34)54)41(56)27(28)7-8-29(38)44/h3-9,22,25,34H,10-21,23-24H2,1-2H3,(H,46,52,54)/t34-/m0/s1. The predicted molar refractivity (Wildman–Crippen MR) is 213 cm³/mol. The van der Waals surface area contributed by atoms with Crippen molar-refractivity contribution < 1.29 is 23.9 Å². The second-order valence-corrected chi connectivity index (χ2v) is 17.7. The van der Waals surface area contributed by atoms with Gasteiger partial charge in [-0.1, -0.05) is 35.9 Å². The molecule has 3 saturated heterocycles. The van der Waals surface area contributed by atoms with Gasteiger partial charge in [-0.25, -0.2) is 0 Å². The van der Waals surface area contributed by atoms with E-state index in [-0.39, 0.29) is 35.1 Å². The average molecular weight is 789 g/mol. The summed E-state index contributed by atoms with van der Waals surface area (Å²) in [6.45, 7) is 9.02. The van der Waals surface area contributed by atoms with Crippen LogP contribution in [0.4, 0.5) is 0 Å². The number of nitrogens with zero attached hydrogens (tertiary/aromatic N) is 5. The third kappa shape index (κ3) is 5.65. The zero-order valence-electron chi connectivity index (χ0n) is 32.2. The molecule has 57 heavy (non-hydrogen) atoms. The minimum absolute atomic E-state index is 0.136. The molecule has 0 radical (unpaired) electrons. The molecule has 1 spiro atoms. The summed E-state index contributed by atoms with van der Waals surface area (Å²) in [7, 11) is 0. The van der Waals surface area contributed by atoms with E-state index in [4.69, 9.17) is 16.3 Å². The first kappa shape index (κ1) is 36.3. The van der Waals surface area contributed by atoms with Crippen molar-refractivity contribution in [1.29, 1.82) is 0 Å². The number of nitrogens with one attached hydrogen (secondary N) is 1. The monoisotopic (exact) mass is 788 g/mol. The van der Waals surface area contributed by atoms with E-state index in [0.29, 0.717) is 47.9 Å². The smallest absolute Gasteiger partial charge is 0.282 e. The van der Waals surface area contributed by atoms with E-state index in [9.17, 15) is 24.0 Å². The van der Waals surface area contributed by atoms with Crippen molar-refractivity contribution in [2.45, 2.75) is 88.1 Å². The van der Waals surface area contributed by atoms with E-state index in [2.05, 4.69) is 51.8 Å². The van der Waals surface area contributed by atoms with Crippen molar-refractivity contribution in [3.05, 3.63) is 97.5 Å². The van der Waals surface area contributed by atoms with E-state index < -0.39 is 17.4 Å². The number of piperidine rings is 3. The van der Waals surface area contributed by atoms with Gasteiger partial charge in [-0.15, -0.1) is 0 Å². The molecule has 4 aromatic rings. The van der Waals surface area contributed by atoms with Crippen molar-refractivity contribution in [2.75, 3.05) is 39.3 Å². The maximum absolute atomic E-state index is 13.5. The minimum Gasteiger partial charge on any atom is -0.492 e. The molecule has 6 aliphatic heterocycles. The Balaban J connectivity index is 0.745. The number of hydrogen-bond donors (Lipinski definition) is 1. The highest BCUT2D eigenvalue weighted by Crippen LogP contribution is 2.50. The van der Waals surface area contributed by atoms with Crippen LogP contribution in [-0.4, -0.2) is 93.3 Å². The largest absolute Gasteiger partial charge is 0.492 e. The van der Waals surface area contributed by atoms with Crippen LogP contribution >= 0.6 is 11.6 Å². The van der Waals surface area contributed by atoms with Crippen molar-refractivity contribution in [3.63, 3.8) is 0 Å². The maximum Gasteiger partial charge on any atom is 0.282 e. The number of halogens is 1. The van der Waals surface area contributed by atoms with Crippen molar-refractivity contribution >= 4 is 46.1 Å². The predicted octanol–water partition coefficient (Wildman–Crippen LogP) is 4.96. The lowest BCUT2D eigenvalue weighted by Crippen LogP contribution is -2.52. The van der Waals surface area contributed by atoms with E-state index in [1.807, 2.05) is 29.2 Å². The topological polar surface area (TPSA) is 134 Å². The summed E-state index contributed by atoms with van der Waals surface area (Å²) in [5, 5.41) is 3.22. The van der Waals surface area contributed by atoms with Crippen LogP contribution in [0.25, 0.3) is 16.6 Å². The first-order valence-corrected chi connectivity index (χ1v) is 20.6. The number of imide groups is 1. The summed E-state index contributed by atoms with van der Waals surface area (Å²) in [5.74, 6) is 1.15. The zero-order valence-corrected chi connectivity index (χ0v) is 33.0. The number of likely N-dealkylation sites (tertiary alicyclic amines) is 2. The van der Waals surface area contributed by atoms with Gasteiger partial charge in [0.05, 0.1) is 40.2 Å². The molecule has 294 valence electrons. The van der Waals surface area contributed by atoms with E-state index in [1.165, 1.54) is 5.56 Å². The van der Waals surface area contributed by atoms with Gasteiger partial charge in [-0.2, -0.15) is 4.98 Å². The molecule has 4 amide bonds. The average Bonchev–Trinajstić information content (AvgIpc) is 3.81. The molecule has 3 fully saturated rings. The molecule has 0 bridgehead atoms. The van der Waals surface area contributed by atoms with Crippen LogP contribution in [0.2, 0.25) is 5.02 Å². The molecule has 1 aromatic heterocycles. The molecule has 0 unspecified atom stereocenters. The van der Waals surface area contributed by atoms with Crippen LogP contribution < -0.4 is 15.6 Å². The molecule has 6 aliphatic rings. The normalized spacial score (nSPS) is 22.4. The Bertz CT molecular complexity index is 2480. The number of amides is 4. The second kappa shape index (κ2) is 13.2. The number of aromatic nitrogens is 2. The number of hydrogen-bond acceptors (Lipinski definition) is 8. The Hall–Kier alpha value is -5.07. The van der Waals surface area contributed by atoms with Gasteiger partial charge in [-0.3, -0.25) is 33.9 Å². The summed E-state index contributed by atoms with van der Waals surface area (Å²) >= 11 is 6.45. The van der Waals surface area contributed by atoms with Crippen molar-refractivity contribution in [3.8, 4) is 11.4 Å². The highest BCUT2D eigenvalue weighted by molar-refractivity contribution is 6.35. The molecule has 7 heterocycles. The number of rotatable bonds is 5. The third-order valence-electron chi connectivity index (χ3n) is 13.9. The highest BCUT2D eigenvalue weighted by atomic mass is 35.5. The van der Waals surface area contributed by atoms with Crippen molar-refractivity contribution in [2.24, 2.45) is 0 Å². The minimum atomic E-state index is -0.655. The first-order valence-electron chi connectivity index (χ1n) is 20.2. The molecule has 0 aliphatic carbocycles. The zero-order chi connectivity index (χ0) is 39.4. The number of carbonyl (C=O) groups is 4. The van der Waals surface area contributed by atoms with Crippen LogP contribution in [0.15, 0.2) is 53.3 Å². The molecule has 0 saturated carbocycles. The van der Waals surface area contributed by atoms with Crippen LogP contribution in [-0.2, 0) is 31.8 Å². The van der Waals surface area contributed by atoms with Gasteiger partial charge in [0.2, 0.25) is 17.7 Å². The van der Waals surface area contributed by atoms with Gasteiger partial charge in [-0.05, 0) is 100 Å². The number of benzene rings is 3. The van der Waals surface area contributed by atoms with Crippen LogP contribution in [0.3, 0.4) is 0 Å². The van der Waals surface area contributed by atoms with Crippen LogP contribution in [0, 0.1) is 0 Å². The van der Waals surface area contributed by atoms with Crippen LogP contribution in [0.5, 0.6) is 5.75 Å². The maximum atomic E-state index is 13.5. The highest BCUT2D eigenvalue weighted by Gasteiger charge is 2.48. The molecule has 3 aromatic carbocycles. The van der Waals surface area contributed by atoms with Crippen molar-refractivity contribution in [1.82, 2.24) is 29.6 Å².